The minimum absolute atomic E-state index is 0.460. The number of hydrogen-bond acceptors (Lipinski definition) is 4. The van der Waals surface area contributed by atoms with Gasteiger partial charge in [0, 0.05) is 32.2 Å². The Morgan fingerprint density at radius 3 is 2.55 bits per heavy atom. The second kappa shape index (κ2) is 7.50. The molecular formula is C16H26N2O2. The van der Waals surface area contributed by atoms with E-state index in [1.54, 1.807) is 7.11 Å². The number of ether oxygens (including phenoxy) is 2. The van der Waals surface area contributed by atoms with Crippen molar-refractivity contribution in [3.63, 3.8) is 0 Å². The van der Waals surface area contributed by atoms with Gasteiger partial charge < -0.3 is 14.8 Å². The van der Waals surface area contributed by atoms with Gasteiger partial charge in [-0.15, -0.1) is 0 Å². The summed E-state index contributed by atoms with van der Waals surface area (Å²) in [5.41, 5.74) is 1.31. The van der Waals surface area contributed by atoms with Gasteiger partial charge in [0.2, 0.25) is 0 Å². The number of rotatable bonds is 6. The number of nitrogens with zero attached hydrogens (tertiary/aromatic N) is 1. The highest BCUT2D eigenvalue weighted by molar-refractivity contribution is 5.43. The summed E-state index contributed by atoms with van der Waals surface area (Å²) in [5.74, 6) is 1.66. The van der Waals surface area contributed by atoms with Gasteiger partial charge in [0.05, 0.1) is 13.7 Å². The van der Waals surface area contributed by atoms with E-state index < -0.39 is 0 Å². The zero-order valence-corrected chi connectivity index (χ0v) is 12.8. The molecule has 0 radical (unpaired) electrons. The summed E-state index contributed by atoms with van der Waals surface area (Å²) < 4.78 is 11.1. The maximum atomic E-state index is 5.59. The van der Waals surface area contributed by atoms with E-state index in [9.17, 15) is 0 Å². The van der Waals surface area contributed by atoms with Crippen LogP contribution >= 0.6 is 0 Å². The van der Waals surface area contributed by atoms with Gasteiger partial charge in [0.15, 0.2) is 11.5 Å². The van der Waals surface area contributed by atoms with Gasteiger partial charge in [0.1, 0.15) is 0 Å². The minimum Gasteiger partial charge on any atom is -0.493 e. The summed E-state index contributed by atoms with van der Waals surface area (Å²) in [6.07, 6.45) is 1.11. The SMILES string of the molecule is CCOc1ccc([C@@H](CC)N2CCNCC2)cc1OC. The molecule has 1 aromatic carbocycles. The summed E-state index contributed by atoms with van der Waals surface area (Å²) >= 11 is 0. The van der Waals surface area contributed by atoms with Crippen LogP contribution in [0.3, 0.4) is 0 Å². The van der Waals surface area contributed by atoms with Gasteiger partial charge in [-0.25, -0.2) is 0 Å². The number of hydrogen-bond donors (Lipinski definition) is 1. The molecule has 0 aliphatic carbocycles. The average Bonchev–Trinajstić information content (AvgIpc) is 2.50. The lowest BCUT2D eigenvalue weighted by Gasteiger charge is -2.35. The number of piperazine rings is 1. The molecule has 0 bridgehead atoms. The average molecular weight is 278 g/mol. The highest BCUT2D eigenvalue weighted by atomic mass is 16.5. The molecule has 1 N–H and O–H groups in total. The van der Waals surface area contributed by atoms with Gasteiger partial charge >= 0.3 is 0 Å². The predicted octanol–water partition coefficient (Wildman–Crippen LogP) is 2.45. The lowest BCUT2D eigenvalue weighted by atomic mass is 10.0. The van der Waals surface area contributed by atoms with Gasteiger partial charge in [-0.1, -0.05) is 13.0 Å². The zero-order valence-electron chi connectivity index (χ0n) is 12.8. The van der Waals surface area contributed by atoms with Crippen molar-refractivity contribution >= 4 is 0 Å². The van der Waals surface area contributed by atoms with Crippen LogP contribution in [0, 0.1) is 0 Å². The Kier molecular flexibility index (Phi) is 5.68. The maximum Gasteiger partial charge on any atom is 0.161 e. The molecule has 1 heterocycles. The van der Waals surface area contributed by atoms with E-state index in [4.69, 9.17) is 9.47 Å². The van der Waals surface area contributed by atoms with Gasteiger partial charge in [-0.2, -0.15) is 0 Å². The lowest BCUT2D eigenvalue weighted by molar-refractivity contribution is 0.169. The highest BCUT2D eigenvalue weighted by Gasteiger charge is 2.21. The maximum absolute atomic E-state index is 5.59. The third kappa shape index (κ3) is 3.44. The van der Waals surface area contributed by atoms with Crippen molar-refractivity contribution in [1.82, 2.24) is 10.2 Å². The predicted molar refractivity (Wildman–Crippen MR) is 81.6 cm³/mol. The molecule has 0 aromatic heterocycles. The summed E-state index contributed by atoms with van der Waals surface area (Å²) in [7, 11) is 1.70. The molecule has 4 heteroatoms. The first-order valence-electron chi connectivity index (χ1n) is 7.55. The normalized spacial score (nSPS) is 17.8. The van der Waals surface area contributed by atoms with Gasteiger partial charge in [-0.3, -0.25) is 4.90 Å². The molecule has 0 spiro atoms. The van der Waals surface area contributed by atoms with Crippen LogP contribution in [0.1, 0.15) is 31.9 Å². The molecule has 0 saturated carbocycles. The summed E-state index contributed by atoms with van der Waals surface area (Å²) in [5, 5.41) is 3.41. The van der Waals surface area contributed by atoms with Crippen LogP contribution in [0.2, 0.25) is 0 Å². The Morgan fingerprint density at radius 1 is 1.20 bits per heavy atom. The van der Waals surface area contributed by atoms with E-state index in [1.807, 2.05) is 13.0 Å². The topological polar surface area (TPSA) is 33.7 Å². The second-order valence-corrected chi connectivity index (χ2v) is 5.05. The Bertz CT molecular complexity index is 417. The van der Waals surface area contributed by atoms with Crippen molar-refractivity contribution in [2.75, 3.05) is 39.9 Å². The first-order valence-corrected chi connectivity index (χ1v) is 7.55. The molecule has 0 unspecified atom stereocenters. The molecule has 1 aliphatic heterocycles. The third-order valence-corrected chi connectivity index (χ3v) is 3.85. The monoisotopic (exact) mass is 278 g/mol. The second-order valence-electron chi connectivity index (χ2n) is 5.05. The van der Waals surface area contributed by atoms with Crippen LogP contribution < -0.4 is 14.8 Å². The Balaban J connectivity index is 2.20. The van der Waals surface area contributed by atoms with E-state index in [0.717, 1.165) is 44.1 Å². The quantitative estimate of drug-likeness (QED) is 0.866. The first-order chi connectivity index (χ1) is 9.80. The molecule has 2 rings (SSSR count). The van der Waals surface area contributed by atoms with Crippen molar-refractivity contribution in [3.8, 4) is 11.5 Å². The molecule has 1 aromatic rings. The molecule has 0 amide bonds. The Hall–Kier alpha value is -1.26. The van der Waals surface area contributed by atoms with E-state index >= 15 is 0 Å². The van der Waals surface area contributed by atoms with Crippen molar-refractivity contribution in [1.29, 1.82) is 0 Å². The summed E-state index contributed by atoms with van der Waals surface area (Å²) in [6.45, 7) is 9.25. The fraction of sp³-hybridized carbons (Fsp3) is 0.625. The van der Waals surface area contributed by atoms with Gasteiger partial charge in [-0.05, 0) is 31.0 Å². The molecule has 112 valence electrons. The summed E-state index contributed by atoms with van der Waals surface area (Å²) in [4.78, 5) is 2.55. The molecule has 4 nitrogen and oxygen atoms in total. The van der Waals surface area contributed by atoms with E-state index in [0.29, 0.717) is 12.6 Å². The van der Waals surface area contributed by atoms with Crippen LogP contribution in [-0.4, -0.2) is 44.8 Å². The van der Waals surface area contributed by atoms with Crippen molar-refractivity contribution in [3.05, 3.63) is 23.8 Å². The first kappa shape index (κ1) is 15.1. The molecule has 1 aliphatic rings. The van der Waals surface area contributed by atoms with Crippen LogP contribution in [0.4, 0.5) is 0 Å². The molecule has 20 heavy (non-hydrogen) atoms. The summed E-state index contributed by atoms with van der Waals surface area (Å²) in [6, 6.07) is 6.79. The van der Waals surface area contributed by atoms with E-state index in [2.05, 4.69) is 29.3 Å². The van der Waals surface area contributed by atoms with E-state index in [-0.39, 0.29) is 0 Å². The fourth-order valence-electron chi connectivity index (χ4n) is 2.86. The fourth-order valence-corrected chi connectivity index (χ4v) is 2.86. The van der Waals surface area contributed by atoms with Crippen LogP contribution in [0.15, 0.2) is 18.2 Å². The lowest BCUT2D eigenvalue weighted by Crippen LogP contribution is -2.45. The van der Waals surface area contributed by atoms with Gasteiger partial charge in [0.25, 0.3) is 0 Å². The zero-order chi connectivity index (χ0) is 14.4. The molecule has 1 saturated heterocycles. The van der Waals surface area contributed by atoms with Crippen LogP contribution in [0.5, 0.6) is 11.5 Å². The van der Waals surface area contributed by atoms with Crippen molar-refractivity contribution < 1.29 is 9.47 Å². The number of nitrogens with one attached hydrogen (secondary N) is 1. The smallest absolute Gasteiger partial charge is 0.161 e. The van der Waals surface area contributed by atoms with Crippen LogP contribution in [0.25, 0.3) is 0 Å². The standard InChI is InChI=1S/C16H26N2O2/c1-4-14(18-10-8-17-9-11-18)13-6-7-15(20-5-2)16(12-13)19-3/h6-7,12,14,17H,4-5,8-11H2,1-3H3/t14-/m1/s1. The minimum atomic E-state index is 0.460. The van der Waals surface area contributed by atoms with Crippen molar-refractivity contribution in [2.45, 2.75) is 26.3 Å². The number of benzene rings is 1. The van der Waals surface area contributed by atoms with Crippen LogP contribution in [-0.2, 0) is 0 Å². The molecular weight excluding hydrogens is 252 g/mol. The number of methoxy groups -OCH3 is 1. The highest BCUT2D eigenvalue weighted by Crippen LogP contribution is 2.33. The molecule has 1 atom stereocenters. The largest absolute Gasteiger partial charge is 0.493 e. The van der Waals surface area contributed by atoms with Crippen molar-refractivity contribution in [2.24, 2.45) is 0 Å². The Morgan fingerprint density at radius 2 is 1.95 bits per heavy atom. The Labute approximate surface area is 122 Å². The van der Waals surface area contributed by atoms with E-state index in [1.165, 1.54) is 5.56 Å². The third-order valence-electron chi connectivity index (χ3n) is 3.85. The molecule has 1 fully saturated rings.